The fourth-order valence-corrected chi connectivity index (χ4v) is 2.46. The average molecular weight is 282 g/mol. The van der Waals surface area contributed by atoms with Gasteiger partial charge in [0.15, 0.2) is 0 Å². The molecule has 4 nitrogen and oxygen atoms in total. The van der Waals surface area contributed by atoms with E-state index in [1.807, 2.05) is 12.3 Å². The van der Waals surface area contributed by atoms with Gasteiger partial charge >= 0.3 is 0 Å². The Morgan fingerprint density at radius 2 is 2.11 bits per heavy atom. The van der Waals surface area contributed by atoms with Gasteiger partial charge in [0.2, 0.25) is 0 Å². The standard InChI is InChI=1S/C12H12ClN3OS/c1-7-3-9(4-10(13)15-7)12(17)14-5-11-16-8(2)6-18-11/h3-4,6H,5H2,1-2H3,(H,14,17). The Morgan fingerprint density at radius 1 is 1.33 bits per heavy atom. The topological polar surface area (TPSA) is 54.9 Å². The molecule has 0 unspecified atom stereocenters. The fourth-order valence-electron chi connectivity index (χ4n) is 1.50. The average Bonchev–Trinajstić information content (AvgIpc) is 2.70. The summed E-state index contributed by atoms with van der Waals surface area (Å²) >= 11 is 7.34. The van der Waals surface area contributed by atoms with Crippen molar-refractivity contribution in [1.82, 2.24) is 15.3 Å². The maximum Gasteiger partial charge on any atom is 0.251 e. The summed E-state index contributed by atoms with van der Waals surface area (Å²) < 4.78 is 0. The van der Waals surface area contributed by atoms with Gasteiger partial charge in [0.25, 0.3) is 5.91 Å². The molecule has 1 amide bonds. The predicted octanol–water partition coefficient (Wildman–Crippen LogP) is 2.74. The van der Waals surface area contributed by atoms with E-state index in [4.69, 9.17) is 11.6 Å². The van der Waals surface area contributed by atoms with E-state index < -0.39 is 0 Å². The molecule has 0 aliphatic heterocycles. The van der Waals surface area contributed by atoms with Crippen molar-refractivity contribution in [3.8, 4) is 0 Å². The summed E-state index contributed by atoms with van der Waals surface area (Å²) in [4.78, 5) is 20.2. The van der Waals surface area contributed by atoms with Gasteiger partial charge in [-0.3, -0.25) is 4.79 Å². The van der Waals surface area contributed by atoms with Gasteiger partial charge in [-0.15, -0.1) is 11.3 Å². The highest BCUT2D eigenvalue weighted by Gasteiger charge is 2.08. The normalized spacial score (nSPS) is 10.4. The lowest BCUT2D eigenvalue weighted by atomic mass is 10.2. The first-order chi connectivity index (χ1) is 8.54. The molecule has 0 fully saturated rings. The van der Waals surface area contributed by atoms with E-state index in [-0.39, 0.29) is 5.91 Å². The lowest BCUT2D eigenvalue weighted by Gasteiger charge is -2.04. The van der Waals surface area contributed by atoms with Crippen molar-refractivity contribution in [2.75, 3.05) is 0 Å². The van der Waals surface area contributed by atoms with Crippen LogP contribution in [0.15, 0.2) is 17.5 Å². The Hall–Kier alpha value is -1.46. The van der Waals surface area contributed by atoms with Gasteiger partial charge in [0, 0.05) is 22.3 Å². The summed E-state index contributed by atoms with van der Waals surface area (Å²) in [6, 6.07) is 3.26. The summed E-state index contributed by atoms with van der Waals surface area (Å²) in [5.74, 6) is -0.171. The third-order valence-corrected chi connectivity index (χ3v) is 3.41. The molecule has 0 aromatic carbocycles. The van der Waals surface area contributed by atoms with Crippen molar-refractivity contribution in [3.05, 3.63) is 44.6 Å². The van der Waals surface area contributed by atoms with Crippen LogP contribution in [-0.2, 0) is 6.54 Å². The number of nitrogens with one attached hydrogen (secondary N) is 1. The second-order valence-electron chi connectivity index (χ2n) is 3.89. The molecule has 0 saturated carbocycles. The van der Waals surface area contributed by atoms with Crippen LogP contribution in [0, 0.1) is 13.8 Å². The molecule has 1 N–H and O–H groups in total. The number of hydrogen-bond acceptors (Lipinski definition) is 4. The molecule has 94 valence electrons. The van der Waals surface area contributed by atoms with Crippen molar-refractivity contribution < 1.29 is 4.79 Å². The lowest BCUT2D eigenvalue weighted by molar-refractivity contribution is 0.0950. The molecular weight excluding hydrogens is 270 g/mol. The number of carbonyl (C=O) groups excluding carboxylic acids is 1. The molecule has 0 radical (unpaired) electrons. The Bertz CT molecular complexity index is 562. The molecule has 0 saturated heterocycles. The number of aromatic nitrogens is 2. The molecule has 0 atom stereocenters. The number of aryl methyl sites for hydroxylation is 2. The molecular formula is C12H12ClN3OS. The maximum absolute atomic E-state index is 11.9. The fraction of sp³-hybridized carbons (Fsp3) is 0.250. The van der Waals surface area contributed by atoms with Crippen molar-refractivity contribution in [2.45, 2.75) is 20.4 Å². The van der Waals surface area contributed by atoms with Gasteiger partial charge in [-0.05, 0) is 26.0 Å². The zero-order chi connectivity index (χ0) is 13.1. The van der Waals surface area contributed by atoms with Crippen LogP contribution in [0.4, 0.5) is 0 Å². The summed E-state index contributed by atoms with van der Waals surface area (Å²) in [6.07, 6.45) is 0. The number of pyridine rings is 1. The minimum atomic E-state index is -0.171. The number of thiazole rings is 1. The first kappa shape index (κ1) is 13.0. The first-order valence-corrected chi connectivity index (χ1v) is 6.64. The summed E-state index contributed by atoms with van der Waals surface area (Å²) in [6.45, 7) is 4.15. The lowest BCUT2D eigenvalue weighted by Crippen LogP contribution is -2.23. The summed E-state index contributed by atoms with van der Waals surface area (Å²) in [5, 5.41) is 5.97. The predicted molar refractivity (Wildman–Crippen MR) is 72.0 cm³/mol. The zero-order valence-corrected chi connectivity index (χ0v) is 11.6. The van der Waals surface area contributed by atoms with Crippen molar-refractivity contribution in [3.63, 3.8) is 0 Å². The van der Waals surface area contributed by atoms with E-state index in [0.717, 1.165) is 16.4 Å². The molecule has 0 aliphatic rings. The molecule has 6 heteroatoms. The molecule has 0 bridgehead atoms. The SMILES string of the molecule is Cc1cc(C(=O)NCc2nc(C)cs2)cc(Cl)n1. The molecule has 0 aliphatic carbocycles. The van der Waals surface area contributed by atoms with E-state index in [9.17, 15) is 4.79 Å². The second kappa shape index (κ2) is 5.46. The Morgan fingerprint density at radius 3 is 2.72 bits per heavy atom. The Labute approximate surface area is 114 Å². The van der Waals surface area contributed by atoms with Gasteiger partial charge in [-0.1, -0.05) is 11.6 Å². The van der Waals surface area contributed by atoms with E-state index >= 15 is 0 Å². The number of halogens is 1. The van der Waals surface area contributed by atoms with Gasteiger partial charge in [-0.25, -0.2) is 9.97 Å². The van der Waals surface area contributed by atoms with Gasteiger partial charge < -0.3 is 5.32 Å². The molecule has 2 heterocycles. The monoisotopic (exact) mass is 281 g/mol. The largest absolute Gasteiger partial charge is 0.346 e. The van der Waals surface area contributed by atoms with E-state index in [1.54, 1.807) is 19.1 Å². The van der Waals surface area contributed by atoms with Gasteiger partial charge in [0.1, 0.15) is 10.2 Å². The minimum absolute atomic E-state index is 0.171. The van der Waals surface area contributed by atoms with Crippen LogP contribution in [0.1, 0.15) is 26.8 Å². The van der Waals surface area contributed by atoms with Crippen molar-refractivity contribution in [2.24, 2.45) is 0 Å². The van der Waals surface area contributed by atoms with Crippen molar-refractivity contribution >= 4 is 28.8 Å². The second-order valence-corrected chi connectivity index (χ2v) is 5.22. The summed E-state index contributed by atoms with van der Waals surface area (Å²) in [7, 11) is 0. The molecule has 2 aromatic heterocycles. The Balaban J connectivity index is 2.03. The van der Waals surface area contributed by atoms with Crippen LogP contribution in [0.25, 0.3) is 0 Å². The van der Waals surface area contributed by atoms with Gasteiger partial charge in [0.05, 0.1) is 6.54 Å². The highest BCUT2D eigenvalue weighted by atomic mass is 35.5. The molecule has 2 rings (SSSR count). The number of nitrogens with zero attached hydrogens (tertiary/aromatic N) is 2. The van der Waals surface area contributed by atoms with Crippen molar-refractivity contribution in [1.29, 1.82) is 0 Å². The first-order valence-electron chi connectivity index (χ1n) is 5.38. The highest BCUT2D eigenvalue weighted by Crippen LogP contribution is 2.11. The van der Waals surface area contributed by atoms with Crippen LogP contribution >= 0.6 is 22.9 Å². The quantitative estimate of drug-likeness (QED) is 0.880. The highest BCUT2D eigenvalue weighted by molar-refractivity contribution is 7.09. The zero-order valence-electron chi connectivity index (χ0n) is 10.0. The van der Waals surface area contributed by atoms with E-state index in [1.165, 1.54) is 11.3 Å². The van der Waals surface area contributed by atoms with Crippen LogP contribution in [0.5, 0.6) is 0 Å². The maximum atomic E-state index is 11.9. The van der Waals surface area contributed by atoms with Crippen LogP contribution in [0.2, 0.25) is 5.15 Å². The molecule has 0 spiro atoms. The van der Waals surface area contributed by atoms with Crippen LogP contribution in [0.3, 0.4) is 0 Å². The third-order valence-electron chi connectivity index (χ3n) is 2.25. The third kappa shape index (κ3) is 3.27. The van der Waals surface area contributed by atoms with Gasteiger partial charge in [-0.2, -0.15) is 0 Å². The smallest absolute Gasteiger partial charge is 0.251 e. The minimum Gasteiger partial charge on any atom is -0.346 e. The number of carbonyl (C=O) groups is 1. The van der Waals surface area contributed by atoms with E-state index in [2.05, 4.69) is 15.3 Å². The van der Waals surface area contributed by atoms with Crippen LogP contribution < -0.4 is 5.32 Å². The summed E-state index contributed by atoms with van der Waals surface area (Å²) in [5.41, 5.74) is 2.20. The number of hydrogen-bond donors (Lipinski definition) is 1. The molecule has 2 aromatic rings. The van der Waals surface area contributed by atoms with Crippen LogP contribution in [-0.4, -0.2) is 15.9 Å². The number of rotatable bonds is 3. The molecule has 18 heavy (non-hydrogen) atoms. The van der Waals surface area contributed by atoms with E-state index in [0.29, 0.717) is 17.3 Å². The number of amides is 1. The Kier molecular flexibility index (Phi) is 3.93.